The molecule has 0 radical (unpaired) electrons. The second kappa shape index (κ2) is 5.65. The molecule has 1 aromatic carbocycles. The van der Waals surface area contributed by atoms with Crippen LogP contribution in [0.5, 0.6) is 0 Å². The zero-order valence-electron chi connectivity index (χ0n) is 10.7. The first kappa shape index (κ1) is 14.2. The van der Waals surface area contributed by atoms with E-state index < -0.39 is 9.84 Å². The fourth-order valence-electron chi connectivity index (χ4n) is 2.01. The highest BCUT2D eigenvalue weighted by atomic mass is 32.2. The topological polar surface area (TPSA) is 60.2 Å². The maximum atomic E-state index is 11.6. The van der Waals surface area contributed by atoms with Gasteiger partial charge >= 0.3 is 0 Å². The highest BCUT2D eigenvalue weighted by Crippen LogP contribution is 2.18. The summed E-state index contributed by atoms with van der Waals surface area (Å²) in [5, 5.41) is 0. The summed E-state index contributed by atoms with van der Waals surface area (Å²) in [7, 11) is -3.16. The lowest BCUT2D eigenvalue weighted by molar-refractivity contribution is 0.491. The van der Waals surface area contributed by atoms with E-state index in [1.807, 2.05) is 12.1 Å². The molecule has 4 heteroatoms. The van der Waals surface area contributed by atoms with Crippen LogP contribution in [0.2, 0.25) is 0 Å². The molecule has 0 bridgehead atoms. The molecule has 2 N–H and O–H groups in total. The van der Waals surface area contributed by atoms with Gasteiger partial charge in [-0.1, -0.05) is 32.0 Å². The van der Waals surface area contributed by atoms with Gasteiger partial charge in [0, 0.05) is 12.3 Å². The average molecular weight is 255 g/mol. The van der Waals surface area contributed by atoms with E-state index in [2.05, 4.69) is 13.8 Å². The molecule has 0 aliphatic rings. The molecule has 3 nitrogen and oxygen atoms in total. The van der Waals surface area contributed by atoms with Crippen molar-refractivity contribution < 1.29 is 8.42 Å². The second-order valence-corrected chi connectivity index (χ2v) is 6.96. The van der Waals surface area contributed by atoms with Crippen molar-refractivity contribution in [2.45, 2.75) is 37.6 Å². The summed E-state index contributed by atoms with van der Waals surface area (Å²) in [5.41, 5.74) is 6.85. The van der Waals surface area contributed by atoms with Gasteiger partial charge in [0.1, 0.15) is 0 Å². The Labute approximate surface area is 104 Å². The van der Waals surface area contributed by atoms with Gasteiger partial charge in [0.15, 0.2) is 9.84 Å². The Balaban J connectivity index is 2.92. The van der Waals surface area contributed by atoms with E-state index in [1.54, 1.807) is 12.1 Å². The van der Waals surface area contributed by atoms with Crippen molar-refractivity contribution in [1.29, 1.82) is 0 Å². The maximum Gasteiger partial charge on any atom is 0.175 e. The molecule has 1 atom stereocenters. The largest absolute Gasteiger partial charge is 0.327 e. The smallest absolute Gasteiger partial charge is 0.175 e. The molecule has 0 aliphatic carbocycles. The molecule has 0 saturated carbocycles. The van der Waals surface area contributed by atoms with E-state index in [0.29, 0.717) is 17.2 Å². The second-order valence-electron chi connectivity index (χ2n) is 4.97. The normalized spacial score (nSPS) is 13.9. The van der Waals surface area contributed by atoms with Crippen LogP contribution in [0.15, 0.2) is 29.2 Å². The zero-order valence-corrected chi connectivity index (χ0v) is 11.5. The third-order valence-electron chi connectivity index (χ3n) is 2.63. The first-order valence-corrected chi connectivity index (χ1v) is 7.73. The van der Waals surface area contributed by atoms with Gasteiger partial charge in [-0.25, -0.2) is 8.42 Å². The first-order valence-electron chi connectivity index (χ1n) is 5.84. The Bertz CT molecular complexity index is 466. The van der Waals surface area contributed by atoms with Crippen molar-refractivity contribution in [3.05, 3.63) is 29.8 Å². The molecule has 0 heterocycles. The lowest BCUT2D eigenvalue weighted by Crippen LogP contribution is -2.25. The minimum atomic E-state index is -3.16. The molecule has 0 spiro atoms. The molecule has 0 aromatic heterocycles. The summed E-state index contributed by atoms with van der Waals surface area (Å²) in [5.74, 6) is 0.524. The molecule has 1 aromatic rings. The molecule has 1 unspecified atom stereocenters. The highest BCUT2D eigenvalue weighted by molar-refractivity contribution is 7.90. The lowest BCUT2D eigenvalue weighted by Gasteiger charge is -2.15. The molecule has 0 amide bonds. The Hall–Kier alpha value is -0.870. The molecule has 96 valence electrons. The summed E-state index contributed by atoms with van der Waals surface area (Å²) in [4.78, 5) is 0.402. The van der Waals surface area contributed by atoms with Crippen LogP contribution in [-0.4, -0.2) is 20.7 Å². The van der Waals surface area contributed by atoms with E-state index in [0.717, 1.165) is 12.0 Å². The summed E-state index contributed by atoms with van der Waals surface area (Å²) >= 11 is 0. The van der Waals surface area contributed by atoms with Crippen LogP contribution in [0, 0.1) is 5.92 Å². The highest BCUT2D eigenvalue weighted by Gasteiger charge is 2.15. The molecule has 17 heavy (non-hydrogen) atoms. The zero-order chi connectivity index (χ0) is 13.1. The van der Waals surface area contributed by atoms with E-state index in [-0.39, 0.29) is 6.04 Å². The van der Waals surface area contributed by atoms with Crippen LogP contribution in [0.25, 0.3) is 0 Å². The van der Waals surface area contributed by atoms with E-state index in [4.69, 9.17) is 5.73 Å². The maximum absolute atomic E-state index is 11.6. The van der Waals surface area contributed by atoms with Gasteiger partial charge in [-0.15, -0.1) is 0 Å². The molecule has 0 saturated heterocycles. The van der Waals surface area contributed by atoms with E-state index in [1.165, 1.54) is 6.26 Å². The van der Waals surface area contributed by atoms with Crippen molar-refractivity contribution in [2.75, 3.05) is 6.26 Å². The number of rotatable bonds is 5. The van der Waals surface area contributed by atoms with Crippen LogP contribution in [0.4, 0.5) is 0 Å². The van der Waals surface area contributed by atoms with Crippen LogP contribution >= 0.6 is 0 Å². The van der Waals surface area contributed by atoms with Crippen LogP contribution < -0.4 is 5.73 Å². The Morgan fingerprint density at radius 3 is 2.35 bits per heavy atom. The van der Waals surface area contributed by atoms with Crippen molar-refractivity contribution >= 4 is 9.84 Å². The lowest BCUT2D eigenvalue weighted by atomic mass is 9.98. The van der Waals surface area contributed by atoms with Gasteiger partial charge in [0.25, 0.3) is 0 Å². The van der Waals surface area contributed by atoms with E-state index >= 15 is 0 Å². The van der Waals surface area contributed by atoms with Crippen LogP contribution in [-0.2, 0) is 16.3 Å². The fraction of sp³-hybridized carbons (Fsp3) is 0.538. The minimum Gasteiger partial charge on any atom is -0.327 e. The van der Waals surface area contributed by atoms with Crippen molar-refractivity contribution in [1.82, 2.24) is 0 Å². The Morgan fingerprint density at radius 2 is 1.82 bits per heavy atom. The first-order chi connectivity index (χ1) is 7.80. The number of sulfone groups is 1. The average Bonchev–Trinajstić information content (AvgIpc) is 2.15. The fourth-order valence-corrected chi connectivity index (χ4v) is 2.96. The Kier molecular flexibility index (Phi) is 4.71. The predicted octanol–water partition coefficient (Wildman–Crippen LogP) is 2.01. The van der Waals surface area contributed by atoms with Crippen molar-refractivity contribution in [2.24, 2.45) is 11.7 Å². The summed E-state index contributed by atoms with van der Waals surface area (Å²) in [6.07, 6.45) is 2.75. The summed E-state index contributed by atoms with van der Waals surface area (Å²) in [6.45, 7) is 4.23. The monoisotopic (exact) mass is 255 g/mol. The molecular formula is C13H21NO2S. The predicted molar refractivity (Wildman–Crippen MR) is 70.7 cm³/mol. The SMILES string of the molecule is CC(C)CC(N)Cc1ccccc1S(C)(=O)=O. The van der Waals surface area contributed by atoms with Crippen molar-refractivity contribution in [3.63, 3.8) is 0 Å². The van der Waals surface area contributed by atoms with Gasteiger partial charge in [-0.3, -0.25) is 0 Å². The van der Waals surface area contributed by atoms with Crippen LogP contribution in [0.1, 0.15) is 25.8 Å². The van der Waals surface area contributed by atoms with Gasteiger partial charge in [0.05, 0.1) is 4.90 Å². The van der Waals surface area contributed by atoms with Gasteiger partial charge in [-0.2, -0.15) is 0 Å². The molecule has 0 fully saturated rings. The summed E-state index contributed by atoms with van der Waals surface area (Å²) < 4.78 is 23.2. The summed E-state index contributed by atoms with van der Waals surface area (Å²) in [6, 6.07) is 7.10. The third-order valence-corrected chi connectivity index (χ3v) is 3.83. The number of nitrogens with two attached hydrogens (primary N) is 1. The number of hydrogen-bond acceptors (Lipinski definition) is 3. The standard InChI is InChI=1S/C13H21NO2S/c1-10(2)8-12(14)9-11-6-4-5-7-13(11)17(3,15)16/h4-7,10,12H,8-9,14H2,1-3H3. The number of benzene rings is 1. The van der Waals surface area contributed by atoms with Gasteiger partial charge in [-0.05, 0) is 30.4 Å². The van der Waals surface area contributed by atoms with Gasteiger partial charge < -0.3 is 5.73 Å². The quantitative estimate of drug-likeness (QED) is 0.875. The Morgan fingerprint density at radius 1 is 1.24 bits per heavy atom. The molecule has 1 rings (SSSR count). The molecular weight excluding hydrogens is 234 g/mol. The van der Waals surface area contributed by atoms with Crippen molar-refractivity contribution in [3.8, 4) is 0 Å². The molecule has 0 aliphatic heterocycles. The minimum absolute atomic E-state index is 0.0119. The van der Waals surface area contributed by atoms with E-state index in [9.17, 15) is 8.42 Å². The van der Waals surface area contributed by atoms with Crippen LogP contribution in [0.3, 0.4) is 0 Å². The van der Waals surface area contributed by atoms with Gasteiger partial charge in [0.2, 0.25) is 0 Å². The third kappa shape index (κ3) is 4.48. The number of hydrogen-bond donors (Lipinski definition) is 1.